The molecule has 1 aliphatic heterocycles. The molecule has 1 unspecified atom stereocenters. The van der Waals surface area contributed by atoms with Gasteiger partial charge in [0.2, 0.25) is 11.8 Å². The zero-order chi connectivity index (χ0) is 13.8. The fourth-order valence-corrected chi connectivity index (χ4v) is 2.30. The highest BCUT2D eigenvalue weighted by Crippen LogP contribution is 2.21. The summed E-state index contributed by atoms with van der Waals surface area (Å²) >= 11 is 0. The Kier molecular flexibility index (Phi) is 4.14. The molecule has 5 heteroatoms. The molecule has 5 nitrogen and oxygen atoms in total. The Morgan fingerprint density at radius 3 is 2.95 bits per heavy atom. The molecule has 2 amide bonds. The van der Waals surface area contributed by atoms with E-state index in [1.54, 1.807) is 17.3 Å². The van der Waals surface area contributed by atoms with E-state index in [1.165, 1.54) is 0 Å². The molecule has 1 aliphatic rings. The van der Waals surface area contributed by atoms with Crippen LogP contribution in [0.2, 0.25) is 0 Å². The smallest absolute Gasteiger partial charge is 0.249 e. The molecule has 0 aliphatic carbocycles. The number of nitrogens with zero attached hydrogens (tertiary/aromatic N) is 2. The van der Waals surface area contributed by atoms with Crippen LogP contribution in [0.25, 0.3) is 0 Å². The van der Waals surface area contributed by atoms with Crippen molar-refractivity contribution in [3.05, 3.63) is 24.0 Å². The van der Waals surface area contributed by atoms with Crippen molar-refractivity contribution in [1.29, 1.82) is 0 Å². The molecule has 0 bridgehead atoms. The van der Waals surface area contributed by atoms with E-state index in [0.717, 1.165) is 17.7 Å². The third kappa shape index (κ3) is 2.92. The molecular weight excluding hydrogens is 242 g/mol. The number of hydrogen-bond acceptors (Lipinski definition) is 3. The first kappa shape index (κ1) is 13.5. The second-order valence-electron chi connectivity index (χ2n) is 4.81. The number of aryl methyl sites for hydroxylation is 1. The number of amides is 2. The van der Waals surface area contributed by atoms with Gasteiger partial charge in [0, 0.05) is 19.2 Å². The Bertz CT molecular complexity index is 487. The van der Waals surface area contributed by atoms with E-state index in [-0.39, 0.29) is 11.8 Å². The van der Waals surface area contributed by atoms with E-state index in [9.17, 15) is 9.59 Å². The maximum atomic E-state index is 12.5. The highest BCUT2D eigenvalue weighted by Gasteiger charge is 2.30. The zero-order valence-electron chi connectivity index (χ0n) is 11.3. The molecule has 1 aromatic rings. The fourth-order valence-electron chi connectivity index (χ4n) is 2.30. The van der Waals surface area contributed by atoms with Crippen LogP contribution < -0.4 is 10.2 Å². The van der Waals surface area contributed by atoms with Crippen molar-refractivity contribution in [2.24, 2.45) is 0 Å². The lowest BCUT2D eigenvalue weighted by molar-refractivity contribution is -0.125. The van der Waals surface area contributed by atoms with E-state index in [0.29, 0.717) is 19.4 Å². The molecule has 0 aromatic carbocycles. The zero-order valence-corrected chi connectivity index (χ0v) is 11.3. The monoisotopic (exact) mass is 261 g/mol. The van der Waals surface area contributed by atoms with Gasteiger partial charge in [-0.3, -0.25) is 14.6 Å². The number of rotatable bonds is 3. The van der Waals surface area contributed by atoms with Crippen LogP contribution in [-0.2, 0) is 9.59 Å². The SMILES string of the molecule is CCCC1NC(=O)CCN(c2cnccc2C)C1=O. The van der Waals surface area contributed by atoms with Gasteiger partial charge in [0.1, 0.15) is 6.04 Å². The fraction of sp³-hybridized carbons (Fsp3) is 0.500. The van der Waals surface area contributed by atoms with E-state index < -0.39 is 6.04 Å². The van der Waals surface area contributed by atoms with Gasteiger partial charge in [0.15, 0.2) is 0 Å². The van der Waals surface area contributed by atoms with Crippen molar-refractivity contribution >= 4 is 17.5 Å². The van der Waals surface area contributed by atoms with Crippen LogP contribution in [0.3, 0.4) is 0 Å². The highest BCUT2D eigenvalue weighted by molar-refractivity contribution is 6.01. The van der Waals surface area contributed by atoms with E-state index in [2.05, 4.69) is 10.3 Å². The van der Waals surface area contributed by atoms with E-state index >= 15 is 0 Å². The molecule has 0 spiro atoms. The predicted molar refractivity (Wildman–Crippen MR) is 72.8 cm³/mol. The molecule has 1 aromatic heterocycles. The third-order valence-electron chi connectivity index (χ3n) is 3.34. The van der Waals surface area contributed by atoms with Gasteiger partial charge >= 0.3 is 0 Å². The lowest BCUT2D eigenvalue weighted by Crippen LogP contribution is -2.44. The second-order valence-corrected chi connectivity index (χ2v) is 4.81. The first-order chi connectivity index (χ1) is 9.13. The summed E-state index contributed by atoms with van der Waals surface area (Å²) in [5.41, 5.74) is 1.79. The largest absolute Gasteiger partial charge is 0.344 e. The summed E-state index contributed by atoms with van der Waals surface area (Å²) in [5, 5.41) is 2.80. The van der Waals surface area contributed by atoms with Gasteiger partial charge in [-0.15, -0.1) is 0 Å². The van der Waals surface area contributed by atoms with Crippen LogP contribution in [0.4, 0.5) is 5.69 Å². The molecule has 2 rings (SSSR count). The molecule has 19 heavy (non-hydrogen) atoms. The summed E-state index contributed by atoms with van der Waals surface area (Å²) in [6, 6.07) is 1.46. The third-order valence-corrected chi connectivity index (χ3v) is 3.34. The summed E-state index contributed by atoms with van der Waals surface area (Å²) in [5.74, 6) is -0.0976. The Morgan fingerprint density at radius 2 is 2.26 bits per heavy atom. The van der Waals surface area contributed by atoms with Crippen LogP contribution >= 0.6 is 0 Å². The molecule has 1 fully saturated rings. The van der Waals surface area contributed by atoms with Crippen LogP contribution in [0.1, 0.15) is 31.7 Å². The Labute approximate surface area is 113 Å². The molecular formula is C14H19N3O2. The Hall–Kier alpha value is -1.91. The normalized spacial score (nSPS) is 20.1. The van der Waals surface area contributed by atoms with Crippen molar-refractivity contribution in [2.45, 2.75) is 39.2 Å². The van der Waals surface area contributed by atoms with Crippen molar-refractivity contribution in [2.75, 3.05) is 11.4 Å². The minimum atomic E-state index is -0.417. The quantitative estimate of drug-likeness (QED) is 0.895. The number of carbonyl (C=O) groups is 2. The lowest BCUT2D eigenvalue weighted by atomic mass is 10.1. The summed E-state index contributed by atoms with van der Waals surface area (Å²) in [6.07, 6.45) is 5.25. The number of anilines is 1. The first-order valence-corrected chi connectivity index (χ1v) is 6.65. The Balaban J connectivity index is 2.31. The van der Waals surface area contributed by atoms with Crippen LogP contribution in [0, 0.1) is 6.92 Å². The van der Waals surface area contributed by atoms with Gasteiger partial charge in [0.25, 0.3) is 0 Å². The predicted octanol–water partition coefficient (Wildman–Crippen LogP) is 1.41. The average Bonchev–Trinajstić information content (AvgIpc) is 2.52. The minimum absolute atomic E-state index is 0.0381. The number of aromatic nitrogens is 1. The summed E-state index contributed by atoms with van der Waals surface area (Å²) in [4.78, 5) is 29.9. The van der Waals surface area contributed by atoms with Crippen LogP contribution in [-0.4, -0.2) is 29.4 Å². The van der Waals surface area contributed by atoms with Crippen molar-refractivity contribution in [3.8, 4) is 0 Å². The lowest BCUT2D eigenvalue weighted by Gasteiger charge is -2.24. The van der Waals surface area contributed by atoms with Crippen molar-refractivity contribution < 1.29 is 9.59 Å². The number of nitrogens with one attached hydrogen (secondary N) is 1. The topological polar surface area (TPSA) is 62.3 Å². The van der Waals surface area contributed by atoms with Gasteiger partial charge in [0.05, 0.1) is 11.9 Å². The van der Waals surface area contributed by atoms with Gasteiger partial charge in [-0.25, -0.2) is 0 Å². The molecule has 0 saturated carbocycles. The maximum Gasteiger partial charge on any atom is 0.249 e. The summed E-state index contributed by atoms with van der Waals surface area (Å²) < 4.78 is 0. The standard InChI is InChI=1S/C14H19N3O2/c1-3-4-11-14(19)17(8-6-13(18)16-11)12-9-15-7-5-10(12)2/h5,7,9,11H,3-4,6,8H2,1-2H3,(H,16,18). The van der Waals surface area contributed by atoms with Crippen LogP contribution in [0.5, 0.6) is 0 Å². The summed E-state index contributed by atoms with van der Waals surface area (Å²) in [6.45, 7) is 4.36. The van der Waals surface area contributed by atoms with E-state index in [4.69, 9.17) is 0 Å². The number of carbonyl (C=O) groups excluding carboxylic acids is 2. The van der Waals surface area contributed by atoms with Crippen LogP contribution in [0.15, 0.2) is 18.5 Å². The first-order valence-electron chi connectivity index (χ1n) is 6.65. The molecule has 1 saturated heterocycles. The number of pyridine rings is 1. The van der Waals surface area contributed by atoms with Gasteiger partial charge < -0.3 is 10.2 Å². The Morgan fingerprint density at radius 1 is 1.47 bits per heavy atom. The minimum Gasteiger partial charge on any atom is -0.344 e. The molecule has 1 atom stereocenters. The molecule has 0 radical (unpaired) electrons. The maximum absolute atomic E-state index is 12.5. The van der Waals surface area contributed by atoms with Gasteiger partial charge in [-0.2, -0.15) is 0 Å². The summed E-state index contributed by atoms with van der Waals surface area (Å²) in [7, 11) is 0. The molecule has 2 heterocycles. The average molecular weight is 261 g/mol. The number of hydrogen-bond donors (Lipinski definition) is 1. The van der Waals surface area contributed by atoms with Gasteiger partial charge in [-0.1, -0.05) is 13.3 Å². The second kappa shape index (κ2) is 5.82. The van der Waals surface area contributed by atoms with Crippen molar-refractivity contribution in [1.82, 2.24) is 10.3 Å². The molecule has 102 valence electrons. The van der Waals surface area contributed by atoms with Crippen molar-refractivity contribution in [3.63, 3.8) is 0 Å². The van der Waals surface area contributed by atoms with Gasteiger partial charge in [-0.05, 0) is 25.0 Å². The van der Waals surface area contributed by atoms with E-state index in [1.807, 2.05) is 19.9 Å². The molecule has 1 N–H and O–H groups in total. The highest BCUT2D eigenvalue weighted by atomic mass is 16.2.